The maximum absolute atomic E-state index is 13.3. The predicted molar refractivity (Wildman–Crippen MR) is 154 cm³/mol. The molecule has 0 bridgehead atoms. The quantitative estimate of drug-likeness (QED) is 0.390. The smallest absolute Gasteiger partial charge is 0.242 e. The molecular formula is C31H39N5O3. The molecule has 1 aromatic heterocycles. The van der Waals surface area contributed by atoms with Gasteiger partial charge in [-0.05, 0) is 48.6 Å². The Labute approximate surface area is 231 Å². The second kappa shape index (κ2) is 13.7. The van der Waals surface area contributed by atoms with Crippen molar-refractivity contribution in [1.29, 1.82) is 0 Å². The summed E-state index contributed by atoms with van der Waals surface area (Å²) in [5, 5.41) is 8.92. The molecule has 0 spiro atoms. The number of carbonyl (C=O) groups is 2. The van der Waals surface area contributed by atoms with Crippen molar-refractivity contribution >= 4 is 17.6 Å². The lowest BCUT2D eigenvalue weighted by Gasteiger charge is -2.27. The Morgan fingerprint density at radius 1 is 0.949 bits per heavy atom. The fraction of sp³-hybridized carbons (Fsp3) is 0.419. The van der Waals surface area contributed by atoms with Crippen LogP contribution in [0.15, 0.2) is 66.7 Å². The van der Waals surface area contributed by atoms with E-state index >= 15 is 0 Å². The van der Waals surface area contributed by atoms with E-state index in [1.165, 1.54) is 0 Å². The fourth-order valence-corrected chi connectivity index (χ4v) is 4.68. The number of carbonyl (C=O) groups excluding carboxylic acids is 2. The summed E-state index contributed by atoms with van der Waals surface area (Å²) in [5.41, 5.74) is 2.70. The molecule has 1 aliphatic heterocycles. The van der Waals surface area contributed by atoms with Gasteiger partial charge < -0.3 is 19.4 Å². The van der Waals surface area contributed by atoms with Crippen molar-refractivity contribution < 1.29 is 14.3 Å². The molecule has 1 saturated heterocycles. The van der Waals surface area contributed by atoms with Gasteiger partial charge in [0.2, 0.25) is 11.8 Å². The Morgan fingerprint density at radius 2 is 1.77 bits per heavy atom. The van der Waals surface area contributed by atoms with Crippen molar-refractivity contribution in [1.82, 2.24) is 20.0 Å². The highest BCUT2D eigenvalue weighted by molar-refractivity contribution is 5.86. The number of hydrogen-bond donors (Lipinski definition) is 0. The first kappa shape index (κ1) is 28.1. The molecule has 1 fully saturated rings. The van der Waals surface area contributed by atoms with Crippen molar-refractivity contribution in [2.45, 2.75) is 33.1 Å². The average Bonchev–Trinajstić information content (AvgIpc) is 3.22. The van der Waals surface area contributed by atoms with Crippen LogP contribution in [0, 0.1) is 5.92 Å². The van der Waals surface area contributed by atoms with Gasteiger partial charge in [-0.1, -0.05) is 56.3 Å². The Bertz CT molecular complexity index is 1220. The summed E-state index contributed by atoms with van der Waals surface area (Å²) >= 11 is 0. The van der Waals surface area contributed by atoms with Crippen LogP contribution in [-0.4, -0.2) is 78.2 Å². The third kappa shape index (κ3) is 8.02. The standard InChI is InChI=1S/C31H39N5O3/c1-24(2)15-18-36(30(37)21-25-9-5-4-6-10-25)23-31(38)35-17-8-16-34(19-20-35)29-14-13-28(32-33-29)26-11-7-12-27(22-26)39-3/h4-7,9-14,22,24H,8,15-21,23H2,1-3H3. The lowest BCUT2D eigenvalue weighted by molar-refractivity contribution is -0.140. The van der Waals surface area contributed by atoms with E-state index in [4.69, 9.17) is 4.74 Å². The third-order valence-electron chi connectivity index (χ3n) is 7.04. The van der Waals surface area contributed by atoms with Crippen LogP contribution >= 0.6 is 0 Å². The van der Waals surface area contributed by atoms with Crippen LogP contribution in [0.4, 0.5) is 5.82 Å². The summed E-state index contributed by atoms with van der Waals surface area (Å²) in [6.07, 6.45) is 2.01. The molecule has 0 saturated carbocycles. The zero-order valence-corrected chi connectivity index (χ0v) is 23.3. The van der Waals surface area contributed by atoms with Gasteiger partial charge in [0.1, 0.15) is 5.75 Å². The zero-order valence-electron chi connectivity index (χ0n) is 23.3. The topological polar surface area (TPSA) is 78.9 Å². The Balaban J connectivity index is 1.36. The molecule has 39 heavy (non-hydrogen) atoms. The monoisotopic (exact) mass is 529 g/mol. The minimum atomic E-state index is -0.00181. The lowest BCUT2D eigenvalue weighted by atomic mass is 10.1. The van der Waals surface area contributed by atoms with Gasteiger partial charge in [0, 0.05) is 38.3 Å². The largest absolute Gasteiger partial charge is 0.497 e. The van der Waals surface area contributed by atoms with Gasteiger partial charge in [0.05, 0.1) is 25.8 Å². The molecule has 3 aromatic rings. The van der Waals surface area contributed by atoms with E-state index in [0.29, 0.717) is 38.5 Å². The van der Waals surface area contributed by atoms with Gasteiger partial charge in [-0.2, -0.15) is 0 Å². The first-order valence-electron chi connectivity index (χ1n) is 13.8. The van der Waals surface area contributed by atoms with Crippen LogP contribution in [-0.2, 0) is 16.0 Å². The summed E-state index contributed by atoms with van der Waals surface area (Å²) in [4.78, 5) is 32.3. The molecule has 206 valence electrons. The Morgan fingerprint density at radius 3 is 2.49 bits per heavy atom. The number of benzene rings is 2. The molecule has 8 nitrogen and oxygen atoms in total. The van der Waals surface area contributed by atoms with E-state index in [2.05, 4.69) is 28.9 Å². The number of ether oxygens (including phenoxy) is 1. The van der Waals surface area contributed by atoms with Crippen LogP contribution in [0.25, 0.3) is 11.3 Å². The van der Waals surface area contributed by atoms with Crippen molar-refractivity contribution in [2.75, 3.05) is 51.3 Å². The fourth-order valence-electron chi connectivity index (χ4n) is 4.68. The Kier molecular flexibility index (Phi) is 9.89. The summed E-state index contributed by atoms with van der Waals surface area (Å²) in [7, 11) is 1.65. The van der Waals surface area contributed by atoms with E-state index in [1.807, 2.05) is 71.6 Å². The molecule has 8 heteroatoms. The van der Waals surface area contributed by atoms with E-state index in [1.54, 1.807) is 12.0 Å². The molecule has 0 unspecified atom stereocenters. The van der Waals surface area contributed by atoms with Gasteiger partial charge in [0.25, 0.3) is 0 Å². The first-order valence-corrected chi connectivity index (χ1v) is 13.8. The van der Waals surface area contributed by atoms with E-state index < -0.39 is 0 Å². The number of methoxy groups -OCH3 is 1. The minimum Gasteiger partial charge on any atom is -0.497 e. The summed E-state index contributed by atoms with van der Waals surface area (Å²) in [5.74, 6) is 2.03. The summed E-state index contributed by atoms with van der Waals surface area (Å²) < 4.78 is 5.32. The second-order valence-corrected chi connectivity index (χ2v) is 10.4. The molecule has 2 heterocycles. The van der Waals surface area contributed by atoms with Gasteiger partial charge >= 0.3 is 0 Å². The van der Waals surface area contributed by atoms with E-state index in [9.17, 15) is 9.59 Å². The molecule has 0 N–H and O–H groups in total. The predicted octanol–water partition coefficient (Wildman–Crippen LogP) is 4.31. The zero-order chi connectivity index (χ0) is 27.6. The SMILES string of the molecule is COc1cccc(-c2ccc(N3CCCN(C(=O)CN(CCC(C)C)C(=O)Cc4ccccc4)CC3)nn2)c1. The number of nitrogens with zero attached hydrogens (tertiary/aromatic N) is 5. The third-order valence-corrected chi connectivity index (χ3v) is 7.04. The molecule has 0 aliphatic carbocycles. The summed E-state index contributed by atoms with van der Waals surface area (Å²) in [6.45, 7) is 7.69. The van der Waals surface area contributed by atoms with Crippen molar-refractivity contribution in [3.63, 3.8) is 0 Å². The Hall–Kier alpha value is -3.94. The van der Waals surface area contributed by atoms with Gasteiger partial charge in [-0.15, -0.1) is 10.2 Å². The van der Waals surface area contributed by atoms with Crippen molar-refractivity contribution in [3.05, 3.63) is 72.3 Å². The molecule has 2 aromatic carbocycles. The molecular weight excluding hydrogens is 490 g/mol. The highest BCUT2D eigenvalue weighted by Crippen LogP contribution is 2.23. The van der Waals surface area contributed by atoms with E-state index in [0.717, 1.165) is 47.8 Å². The van der Waals surface area contributed by atoms with Gasteiger partial charge in [-0.25, -0.2) is 0 Å². The number of aromatic nitrogens is 2. The van der Waals surface area contributed by atoms with E-state index in [-0.39, 0.29) is 18.4 Å². The number of hydrogen-bond acceptors (Lipinski definition) is 6. The van der Waals surface area contributed by atoms with Gasteiger partial charge in [0.15, 0.2) is 5.82 Å². The highest BCUT2D eigenvalue weighted by Gasteiger charge is 2.24. The molecule has 0 atom stereocenters. The summed E-state index contributed by atoms with van der Waals surface area (Å²) in [6, 6.07) is 21.4. The average molecular weight is 530 g/mol. The lowest BCUT2D eigenvalue weighted by Crippen LogP contribution is -2.45. The maximum Gasteiger partial charge on any atom is 0.242 e. The maximum atomic E-state index is 13.3. The first-order chi connectivity index (χ1) is 18.9. The second-order valence-electron chi connectivity index (χ2n) is 10.4. The van der Waals surface area contributed by atoms with Crippen LogP contribution in [0.2, 0.25) is 0 Å². The molecule has 0 radical (unpaired) electrons. The van der Waals surface area contributed by atoms with Crippen LogP contribution in [0.3, 0.4) is 0 Å². The normalized spacial score (nSPS) is 13.7. The molecule has 2 amide bonds. The van der Waals surface area contributed by atoms with Crippen LogP contribution in [0.5, 0.6) is 5.75 Å². The van der Waals surface area contributed by atoms with Gasteiger partial charge in [-0.3, -0.25) is 9.59 Å². The van der Waals surface area contributed by atoms with Crippen molar-refractivity contribution in [3.8, 4) is 17.0 Å². The minimum absolute atomic E-state index is 0.00137. The molecule has 1 aliphatic rings. The number of amides is 2. The van der Waals surface area contributed by atoms with Crippen LogP contribution in [0.1, 0.15) is 32.3 Å². The number of anilines is 1. The van der Waals surface area contributed by atoms with Crippen molar-refractivity contribution in [2.24, 2.45) is 5.92 Å². The molecule has 4 rings (SSSR count). The number of rotatable bonds is 10. The van der Waals surface area contributed by atoms with Crippen LogP contribution < -0.4 is 9.64 Å². The highest BCUT2D eigenvalue weighted by atomic mass is 16.5.